The normalized spacial score (nSPS) is 14.5. The molecule has 0 saturated heterocycles. The predicted octanol–water partition coefficient (Wildman–Crippen LogP) is 4.46. The van der Waals surface area contributed by atoms with E-state index in [4.69, 9.17) is 4.74 Å². The average Bonchev–Trinajstić information content (AvgIpc) is 2.32. The first kappa shape index (κ1) is 20.9. The average molecular weight is 315 g/mol. The Balaban J connectivity index is 4.40. The largest absolute Gasteiger partial charge is 0.465 e. The van der Waals surface area contributed by atoms with Gasteiger partial charge in [-0.05, 0) is 23.7 Å². The quantitative estimate of drug-likeness (QED) is 0.376. The highest BCUT2D eigenvalue weighted by atomic mass is 16.6. The molecule has 0 aliphatic carbocycles. The molecule has 1 atom stereocenters. The van der Waals surface area contributed by atoms with Crippen LogP contribution in [0, 0.1) is 26.9 Å². The molecule has 0 aliphatic rings. The summed E-state index contributed by atoms with van der Waals surface area (Å²) in [5, 5.41) is 10.9. The summed E-state index contributed by atoms with van der Waals surface area (Å²) >= 11 is 0. The molecular formula is C17H33NO4. The molecule has 0 aromatic heterocycles. The Bertz CT molecular complexity index is 394. The maximum atomic E-state index is 12.0. The molecule has 0 fully saturated rings. The van der Waals surface area contributed by atoms with Crippen molar-refractivity contribution in [2.24, 2.45) is 16.7 Å². The summed E-state index contributed by atoms with van der Waals surface area (Å²) in [5.41, 5.74) is -0.939. The van der Waals surface area contributed by atoms with Crippen molar-refractivity contribution in [3.8, 4) is 0 Å². The first-order valence-electron chi connectivity index (χ1n) is 7.97. The fourth-order valence-corrected chi connectivity index (χ4v) is 2.10. The highest BCUT2D eigenvalue weighted by molar-refractivity contribution is 5.72. The predicted molar refractivity (Wildman–Crippen MR) is 88.3 cm³/mol. The Kier molecular flexibility index (Phi) is 7.04. The summed E-state index contributed by atoms with van der Waals surface area (Å²) < 4.78 is 5.40. The zero-order valence-corrected chi connectivity index (χ0v) is 15.5. The molecule has 0 aliphatic heterocycles. The van der Waals surface area contributed by atoms with E-state index in [1.807, 2.05) is 0 Å². The van der Waals surface area contributed by atoms with Crippen LogP contribution in [0.4, 0.5) is 0 Å². The lowest BCUT2D eigenvalue weighted by Gasteiger charge is -2.29. The monoisotopic (exact) mass is 315 g/mol. The Morgan fingerprint density at radius 2 is 1.59 bits per heavy atom. The van der Waals surface area contributed by atoms with Gasteiger partial charge in [0.25, 0.3) is 0 Å². The van der Waals surface area contributed by atoms with Crippen molar-refractivity contribution in [2.45, 2.75) is 80.2 Å². The van der Waals surface area contributed by atoms with Crippen LogP contribution in [0.3, 0.4) is 0 Å². The molecule has 5 nitrogen and oxygen atoms in total. The van der Waals surface area contributed by atoms with Gasteiger partial charge in [-0.3, -0.25) is 14.9 Å². The van der Waals surface area contributed by atoms with Gasteiger partial charge in [-0.2, -0.15) is 0 Å². The van der Waals surface area contributed by atoms with Crippen molar-refractivity contribution in [1.29, 1.82) is 0 Å². The van der Waals surface area contributed by atoms with Gasteiger partial charge in [-0.1, -0.05) is 41.5 Å². The molecule has 22 heavy (non-hydrogen) atoms. The van der Waals surface area contributed by atoms with E-state index in [1.54, 1.807) is 6.92 Å². The van der Waals surface area contributed by atoms with Gasteiger partial charge in [0.2, 0.25) is 5.54 Å². The second-order valence-electron chi connectivity index (χ2n) is 9.01. The fourth-order valence-electron chi connectivity index (χ4n) is 2.10. The third-order valence-corrected chi connectivity index (χ3v) is 3.86. The minimum Gasteiger partial charge on any atom is -0.465 e. The van der Waals surface area contributed by atoms with Crippen LogP contribution in [0.2, 0.25) is 0 Å². The number of hydrogen-bond acceptors (Lipinski definition) is 4. The highest BCUT2D eigenvalue weighted by Crippen LogP contribution is 2.31. The number of ether oxygens (including phenoxy) is 1. The molecule has 0 rings (SSSR count). The van der Waals surface area contributed by atoms with Crippen LogP contribution in [-0.4, -0.2) is 23.0 Å². The van der Waals surface area contributed by atoms with Crippen molar-refractivity contribution in [3.05, 3.63) is 10.1 Å². The van der Waals surface area contributed by atoms with Crippen LogP contribution in [0.1, 0.15) is 74.7 Å². The van der Waals surface area contributed by atoms with E-state index in [2.05, 4.69) is 34.6 Å². The summed E-state index contributed by atoms with van der Waals surface area (Å²) in [7, 11) is 0. The van der Waals surface area contributed by atoms with E-state index in [-0.39, 0.29) is 28.1 Å². The zero-order chi connectivity index (χ0) is 17.8. The topological polar surface area (TPSA) is 69.4 Å². The summed E-state index contributed by atoms with van der Waals surface area (Å²) in [6, 6.07) is 0. The fraction of sp³-hybridized carbons (Fsp3) is 0.941. The second kappa shape index (κ2) is 7.42. The summed E-state index contributed by atoms with van der Waals surface area (Å²) in [4.78, 5) is 22.6. The second-order valence-corrected chi connectivity index (χ2v) is 9.01. The smallest absolute Gasteiger partial charge is 0.308 e. The highest BCUT2D eigenvalue weighted by Gasteiger charge is 2.36. The first-order valence-corrected chi connectivity index (χ1v) is 7.97. The Morgan fingerprint density at radius 3 is 2.00 bits per heavy atom. The molecule has 130 valence electrons. The molecule has 0 saturated carbocycles. The number of rotatable bonds is 8. The third kappa shape index (κ3) is 8.35. The number of nitrogens with zero attached hydrogens (tertiary/aromatic N) is 1. The van der Waals surface area contributed by atoms with Crippen LogP contribution in [-0.2, 0) is 9.53 Å². The molecular weight excluding hydrogens is 282 g/mol. The van der Waals surface area contributed by atoms with Crippen molar-refractivity contribution >= 4 is 5.97 Å². The van der Waals surface area contributed by atoms with Crippen molar-refractivity contribution in [3.63, 3.8) is 0 Å². The molecule has 0 heterocycles. The number of esters is 1. The van der Waals surface area contributed by atoms with Gasteiger partial charge in [0, 0.05) is 25.2 Å². The maximum absolute atomic E-state index is 12.0. The Hall–Kier alpha value is -1.13. The minimum atomic E-state index is -1.11. The lowest BCUT2D eigenvalue weighted by molar-refractivity contribution is -0.562. The summed E-state index contributed by atoms with van der Waals surface area (Å²) in [6.07, 6.45) is 2.21. The van der Waals surface area contributed by atoms with E-state index >= 15 is 0 Å². The number of hydrogen-bond donors (Lipinski definition) is 0. The lowest BCUT2D eigenvalue weighted by Crippen LogP contribution is -2.35. The summed E-state index contributed by atoms with van der Waals surface area (Å²) in [5.74, 6) is -0.822. The molecule has 0 unspecified atom stereocenters. The van der Waals surface area contributed by atoms with Gasteiger partial charge in [-0.15, -0.1) is 0 Å². The summed E-state index contributed by atoms with van der Waals surface area (Å²) in [6.45, 7) is 15.8. The van der Waals surface area contributed by atoms with Gasteiger partial charge in [-0.25, -0.2) is 0 Å². The zero-order valence-electron chi connectivity index (χ0n) is 15.5. The molecule has 0 N–H and O–H groups in total. The van der Waals surface area contributed by atoms with Crippen molar-refractivity contribution < 1.29 is 14.5 Å². The van der Waals surface area contributed by atoms with Gasteiger partial charge in [0.15, 0.2) is 0 Å². The van der Waals surface area contributed by atoms with Gasteiger partial charge in [0.05, 0.1) is 12.5 Å². The van der Waals surface area contributed by atoms with E-state index in [1.165, 1.54) is 13.8 Å². The molecule has 0 amide bonds. The molecule has 0 aromatic carbocycles. The third-order valence-electron chi connectivity index (χ3n) is 3.86. The molecule has 0 bridgehead atoms. The van der Waals surface area contributed by atoms with Crippen LogP contribution in [0.15, 0.2) is 0 Å². The van der Waals surface area contributed by atoms with Gasteiger partial charge >= 0.3 is 5.97 Å². The standard InChI is InChI=1S/C17H33NO4/c1-13(11-17(7,8)18(20)21)14(19)22-12-16(5,6)10-9-15(2,3)4/h13H,9-12H2,1-8H3/t13-/m0/s1. The van der Waals surface area contributed by atoms with Crippen LogP contribution >= 0.6 is 0 Å². The SMILES string of the molecule is C[C@@H](CC(C)(C)[N+](=O)[O-])C(=O)OCC(C)(C)CCC(C)(C)C. The molecule has 0 spiro atoms. The first-order chi connectivity index (χ1) is 9.66. The Morgan fingerprint density at radius 1 is 1.09 bits per heavy atom. The van der Waals surface area contributed by atoms with E-state index in [0.29, 0.717) is 6.61 Å². The Labute approximate surface area is 135 Å². The lowest BCUT2D eigenvalue weighted by atomic mass is 9.80. The molecule has 5 heteroatoms. The number of nitro groups is 1. The van der Waals surface area contributed by atoms with Gasteiger partial charge in [0.1, 0.15) is 0 Å². The van der Waals surface area contributed by atoms with E-state index in [0.717, 1.165) is 12.8 Å². The van der Waals surface area contributed by atoms with Crippen LogP contribution in [0.5, 0.6) is 0 Å². The van der Waals surface area contributed by atoms with Crippen molar-refractivity contribution in [1.82, 2.24) is 0 Å². The van der Waals surface area contributed by atoms with Crippen LogP contribution in [0.25, 0.3) is 0 Å². The number of carbonyl (C=O) groups excluding carboxylic acids is 1. The number of carbonyl (C=O) groups is 1. The van der Waals surface area contributed by atoms with Crippen LogP contribution < -0.4 is 0 Å². The molecule has 0 radical (unpaired) electrons. The minimum absolute atomic E-state index is 0.0821. The molecule has 0 aromatic rings. The van der Waals surface area contributed by atoms with E-state index in [9.17, 15) is 14.9 Å². The van der Waals surface area contributed by atoms with E-state index < -0.39 is 11.5 Å². The van der Waals surface area contributed by atoms with Crippen molar-refractivity contribution in [2.75, 3.05) is 6.61 Å². The maximum Gasteiger partial charge on any atom is 0.308 e. The van der Waals surface area contributed by atoms with Gasteiger partial charge < -0.3 is 4.74 Å².